The van der Waals surface area contributed by atoms with Crippen LogP contribution in [-0.2, 0) is 16.1 Å². The topological polar surface area (TPSA) is 37.4 Å². The normalized spacial score (nSPS) is 23.4. The van der Waals surface area contributed by atoms with Gasteiger partial charge in [0.2, 0.25) is 5.91 Å². The largest absolute Gasteiger partial charge is 0.338 e. The Balaban J connectivity index is 2.03. The lowest BCUT2D eigenvalue weighted by Crippen LogP contribution is -2.43. The van der Waals surface area contributed by atoms with Gasteiger partial charge in [-0.25, -0.2) is 0 Å². The SMILES string of the molecule is CC[C@H]1CN(Cc2ccccc2)C(=O)C[C@H]1CC=O. The molecule has 0 bridgehead atoms. The minimum atomic E-state index is 0.181. The lowest BCUT2D eigenvalue weighted by Gasteiger charge is -2.37. The summed E-state index contributed by atoms with van der Waals surface area (Å²) in [6.07, 6.45) is 3.01. The molecule has 3 heteroatoms. The van der Waals surface area contributed by atoms with E-state index in [0.29, 0.717) is 25.3 Å². The average Bonchev–Trinajstić information content (AvgIpc) is 2.43. The molecule has 1 fully saturated rings. The molecule has 19 heavy (non-hydrogen) atoms. The summed E-state index contributed by atoms with van der Waals surface area (Å²) in [6.45, 7) is 3.60. The number of benzene rings is 1. The Morgan fingerprint density at radius 3 is 2.63 bits per heavy atom. The fourth-order valence-electron chi connectivity index (χ4n) is 2.87. The number of aldehydes is 1. The van der Waals surface area contributed by atoms with Crippen LogP contribution in [0.4, 0.5) is 0 Å². The zero-order valence-electron chi connectivity index (χ0n) is 11.4. The Morgan fingerprint density at radius 1 is 1.26 bits per heavy atom. The van der Waals surface area contributed by atoms with Crippen molar-refractivity contribution in [3.8, 4) is 0 Å². The molecule has 1 aliphatic rings. The Morgan fingerprint density at radius 2 is 2.00 bits per heavy atom. The van der Waals surface area contributed by atoms with Gasteiger partial charge in [0.25, 0.3) is 0 Å². The van der Waals surface area contributed by atoms with Gasteiger partial charge in [0.1, 0.15) is 6.29 Å². The van der Waals surface area contributed by atoms with E-state index in [1.807, 2.05) is 35.2 Å². The van der Waals surface area contributed by atoms with Gasteiger partial charge in [0.05, 0.1) is 0 Å². The van der Waals surface area contributed by atoms with E-state index < -0.39 is 0 Å². The van der Waals surface area contributed by atoms with Crippen LogP contribution in [0.1, 0.15) is 31.7 Å². The van der Waals surface area contributed by atoms with E-state index in [0.717, 1.165) is 19.3 Å². The number of amides is 1. The molecule has 1 aromatic carbocycles. The van der Waals surface area contributed by atoms with Crippen molar-refractivity contribution in [2.24, 2.45) is 11.8 Å². The Hall–Kier alpha value is -1.64. The molecule has 2 atom stereocenters. The second kappa shape index (κ2) is 6.50. The molecule has 1 aliphatic heterocycles. The summed E-state index contributed by atoms with van der Waals surface area (Å²) in [5.41, 5.74) is 1.17. The summed E-state index contributed by atoms with van der Waals surface area (Å²) in [5, 5.41) is 0. The van der Waals surface area contributed by atoms with Crippen LogP contribution in [0.25, 0.3) is 0 Å². The molecular weight excluding hydrogens is 238 g/mol. The van der Waals surface area contributed by atoms with E-state index in [-0.39, 0.29) is 11.8 Å². The lowest BCUT2D eigenvalue weighted by molar-refractivity contribution is -0.138. The molecule has 0 radical (unpaired) electrons. The number of carbonyl (C=O) groups is 2. The van der Waals surface area contributed by atoms with E-state index in [2.05, 4.69) is 6.92 Å². The fourth-order valence-corrected chi connectivity index (χ4v) is 2.87. The molecule has 2 rings (SSSR count). The number of rotatable bonds is 5. The highest BCUT2D eigenvalue weighted by Gasteiger charge is 2.32. The molecule has 0 spiro atoms. The molecule has 0 aliphatic carbocycles. The van der Waals surface area contributed by atoms with Crippen LogP contribution in [0.2, 0.25) is 0 Å². The predicted octanol–water partition coefficient (Wildman–Crippen LogP) is 2.65. The molecular formula is C16H21NO2. The predicted molar refractivity (Wildman–Crippen MR) is 74.4 cm³/mol. The summed E-state index contributed by atoms with van der Waals surface area (Å²) in [6, 6.07) is 10.1. The van der Waals surface area contributed by atoms with Crippen LogP contribution in [0.15, 0.2) is 30.3 Å². The minimum Gasteiger partial charge on any atom is -0.338 e. The first kappa shape index (κ1) is 13.8. The van der Waals surface area contributed by atoms with Crippen LogP contribution in [0.5, 0.6) is 0 Å². The van der Waals surface area contributed by atoms with Gasteiger partial charge in [0.15, 0.2) is 0 Å². The maximum Gasteiger partial charge on any atom is 0.223 e. The maximum atomic E-state index is 12.2. The first-order valence-corrected chi connectivity index (χ1v) is 7.00. The van der Waals surface area contributed by atoms with Gasteiger partial charge in [-0.15, -0.1) is 0 Å². The van der Waals surface area contributed by atoms with Gasteiger partial charge >= 0.3 is 0 Å². The van der Waals surface area contributed by atoms with Crippen LogP contribution >= 0.6 is 0 Å². The lowest BCUT2D eigenvalue weighted by atomic mass is 9.81. The van der Waals surface area contributed by atoms with Gasteiger partial charge in [-0.1, -0.05) is 43.7 Å². The van der Waals surface area contributed by atoms with Crippen molar-refractivity contribution >= 4 is 12.2 Å². The molecule has 1 aromatic rings. The van der Waals surface area contributed by atoms with Crippen LogP contribution < -0.4 is 0 Å². The fraction of sp³-hybridized carbons (Fsp3) is 0.500. The van der Waals surface area contributed by atoms with Crippen LogP contribution in [0.3, 0.4) is 0 Å². The molecule has 0 saturated carbocycles. The molecule has 0 unspecified atom stereocenters. The van der Waals surface area contributed by atoms with Gasteiger partial charge < -0.3 is 9.69 Å². The minimum absolute atomic E-state index is 0.181. The standard InChI is InChI=1S/C16H21NO2/c1-2-14-12-17(11-13-6-4-3-5-7-13)16(19)10-15(14)8-9-18/h3-7,9,14-15H,2,8,10-12H2,1H3/t14-,15+/m0/s1. The molecule has 0 N–H and O–H groups in total. The maximum absolute atomic E-state index is 12.2. The van der Waals surface area contributed by atoms with Crippen molar-refractivity contribution < 1.29 is 9.59 Å². The molecule has 1 amide bonds. The van der Waals surface area contributed by atoms with Crippen molar-refractivity contribution in [3.05, 3.63) is 35.9 Å². The molecule has 3 nitrogen and oxygen atoms in total. The number of likely N-dealkylation sites (tertiary alicyclic amines) is 1. The number of carbonyl (C=O) groups excluding carboxylic acids is 2. The van der Waals surface area contributed by atoms with Crippen LogP contribution in [0, 0.1) is 11.8 Å². The van der Waals surface area contributed by atoms with E-state index in [1.54, 1.807) is 0 Å². The van der Waals surface area contributed by atoms with Crippen molar-refractivity contribution in [1.82, 2.24) is 4.90 Å². The van der Waals surface area contributed by atoms with E-state index >= 15 is 0 Å². The third kappa shape index (κ3) is 3.43. The van der Waals surface area contributed by atoms with Gasteiger partial charge in [-0.3, -0.25) is 4.79 Å². The Kier molecular flexibility index (Phi) is 4.72. The summed E-state index contributed by atoms with van der Waals surface area (Å²) < 4.78 is 0. The van der Waals surface area contributed by atoms with E-state index in [1.165, 1.54) is 5.56 Å². The molecule has 0 aromatic heterocycles. The number of hydrogen-bond donors (Lipinski definition) is 0. The molecule has 1 saturated heterocycles. The zero-order chi connectivity index (χ0) is 13.7. The van der Waals surface area contributed by atoms with E-state index in [4.69, 9.17) is 0 Å². The molecule has 102 valence electrons. The smallest absolute Gasteiger partial charge is 0.223 e. The van der Waals surface area contributed by atoms with Crippen LogP contribution in [-0.4, -0.2) is 23.6 Å². The van der Waals surface area contributed by atoms with Gasteiger partial charge in [0, 0.05) is 25.9 Å². The Bertz CT molecular complexity index is 430. The summed E-state index contributed by atoms with van der Waals surface area (Å²) in [7, 11) is 0. The third-order valence-electron chi connectivity index (χ3n) is 4.05. The summed E-state index contributed by atoms with van der Waals surface area (Å²) in [4.78, 5) is 24.8. The first-order valence-electron chi connectivity index (χ1n) is 7.00. The summed E-state index contributed by atoms with van der Waals surface area (Å²) in [5.74, 6) is 0.869. The van der Waals surface area contributed by atoms with E-state index in [9.17, 15) is 9.59 Å². The third-order valence-corrected chi connectivity index (χ3v) is 4.05. The number of hydrogen-bond acceptors (Lipinski definition) is 2. The highest BCUT2D eigenvalue weighted by Crippen LogP contribution is 2.29. The van der Waals surface area contributed by atoms with Gasteiger partial charge in [-0.05, 0) is 17.4 Å². The Labute approximate surface area is 114 Å². The first-order chi connectivity index (χ1) is 9.24. The monoisotopic (exact) mass is 259 g/mol. The summed E-state index contributed by atoms with van der Waals surface area (Å²) >= 11 is 0. The average molecular weight is 259 g/mol. The van der Waals surface area contributed by atoms with Crippen molar-refractivity contribution in [3.63, 3.8) is 0 Å². The second-order valence-corrected chi connectivity index (χ2v) is 5.29. The number of piperidine rings is 1. The number of nitrogens with zero attached hydrogens (tertiary/aromatic N) is 1. The zero-order valence-corrected chi connectivity index (χ0v) is 11.4. The second-order valence-electron chi connectivity index (χ2n) is 5.29. The van der Waals surface area contributed by atoms with Crippen molar-refractivity contribution in [2.45, 2.75) is 32.7 Å². The van der Waals surface area contributed by atoms with Crippen molar-refractivity contribution in [2.75, 3.05) is 6.54 Å². The quantitative estimate of drug-likeness (QED) is 0.762. The molecule has 1 heterocycles. The van der Waals surface area contributed by atoms with Crippen molar-refractivity contribution in [1.29, 1.82) is 0 Å². The van der Waals surface area contributed by atoms with Gasteiger partial charge in [-0.2, -0.15) is 0 Å². The highest BCUT2D eigenvalue weighted by atomic mass is 16.2. The highest BCUT2D eigenvalue weighted by molar-refractivity contribution is 5.77.